The van der Waals surface area contributed by atoms with Crippen molar-refractivity contribution >= 4 is 11.6 Å². The summed E-state index contributed by atoms with van der Waals surface area (Å²) in [5.41, 5.74) is 0.344. The average molecular weight is 303 g/mol. The summed E-state index contributed by atoms with van der Waals surface area (Å²) in [5, 5.41) is 2.66. The van der Waals surface area contributed by atoms with Crippen molar-refractivity contribution in [2.75, 3.05) is 19.5 Å². The van der Waals surface area contributed by atoms with E-state index in [0.717, 1.165) is 0 Å². The van der Waals surface area contributed by atoms with Crippen molar-refractivity contribution in [3.8, 4) is 17.6 Å². The van der Waals surface area contributed by atoms with Crippen molar-refractivity contribution in [2.24, 2.45) is 0 Å². The Morgan fingerprint density at radius 3 is 2.55 bits per heavy atom. The molecule has 1 N–H and O–H groups in total. The van der Waals surface area contributed by atoms with Gasteiger partial charge in [-0.3, -0.25) is 4.79 Å². The van der Waals surface area contributed by atoms with Crippen LogP contribution in [0.5, 0.6) is 17.6 Å². The van der Waals surface area contributed by atoms with Crippen molar-refractivity contribution in [2.45, 2.75) is 13.0 Å². The number of ether oxygens (including phenoxy) is 3. The number of carbonyl (C=O) groups excluding carboxylic acids is 1. The van der Waals surface area contributed by atoms with Crippen molar-refractivity contribution < 1.29 is 19.0 Å². The standard InChI is InChI=1S/C15H17N3O4/c1-10(22-11-7-5-4-6-8-11)13(19)17-12-9-16-15(21-3)18-14(12)20-2/h4-10H,1-3H3,(H,17,19)/t10-/m0/s1. The van der Waals surface area contributed by atoms with Crippen molar-refractivity contribution in [3.05, 3.63) is 36.5 Å². The summed E-state index contributed by atoms with van der Waals surface area (Å²) in [4.78, 5) is 20.1. The molecule has 2 aromatic rings. The summed E-state index contributed by atoms with van der Waals surface area (Å²) in [6, 6.07) is 9.25. The summed E-state index contributed by atoms with van der Waals surface area (Å²) < 4.78 is 15.6. The van der Waals surface area contributed by atoms with Crippen LogP contribution >= 0.6 is 0 Å². The number of anilines is 1. The van der Waals surface area contributed by atoms with Gasteiger partial charge in [-0.25, -0.2) is 4.98 Å². The van der Waals surface area contributed by atoms with Gasteiger partial charge in [-0.15, -0.1) is 0 Å². The van der Waals surface area contributed by atoms with E-state index in [1.807, 2.05) is 18.2 Å². The quantitative estimate of drug-likeness (QED) is 0.877. The van der Waals surface area contributed by atoms with E-state index in [1.165, 1.54) is 20.4 Å². The lowest BCUT2D eigenvalue weighted by Gasteiger charge is -2.15. The molecular formula is C15H17N3O4. The molecule has 0 bridgehead atoms. The number of nitrogens with zero attached hydrogens (tertiary/aromatic N) is 2. The number of hydrogen-bond acceptors (Lipinski definition) is 6. The maximum atomic E-state index is 12.2. The summed E-state index contributed by atoms with van der Waals surface area (Å²) in [5.74, 6) is 0.492. The van der Waals surface area contributed by atoms with E-state index in [4.69, 9.17) is 14.2 Å². The van der Waals surface area contributed by atoms with Gasteiger partial charge in [0.1, 0.15) is 11.4 Å². The average Bonchev–Trinajstić information content (AvgIpc) is 2.56. The molecule has 0 radical (unpaired) electrons. The second-order valence-corrected chi connectivity index (χ2v) is 4.34. The van der Waals surface area contributed by atoms with E-state index in [1.54, 1.807) is 19.1 Å². The van der Waals surface area contributed by atoms with Crippen LogP contribution in [0.1, 0.15) is 6.92 Å². The van der Waals surface area contributed by atoms with E-state index in [9.17, 15) is 4.79 Å². The molecule has 0 unspecified atom stereocenters. The molecule has 0 aliphatic rings. The maximum Gasteiger partial charge on any atom is 0.319 e. The Bertz CT molecular complexity index is 634. The minimum absolute atomic E-state index is 0.156. The van der Waals surface area contributed by atoms with Crippen LogP contribution in [0, 0.1) is 0 Å². The molecule has 1 aromatic carbocycles. The number of nitrogens with one attached hydrogen (secondary N) is 1. The highest BCUT2D eigenvalue weighted by molar-refractivity contribution is 5.95. The smallest absolute Gasteiger partial charge is 0.319 e. The Morgan fingerprint density at radius 2 is 1.91 bits per heavy atom. The third-order valence-corrected chi connectivity index (χ3v) is 2.79. The van der Waals surface area contributed by atoms with Crippen molar-refractivity contribution in [1.29, 1.82) is 0 Å². The molecule has 0 aliphatic heterocycles. The normalized spacial score (nSPS) is 11.4. The maximum absolute atomic E-state index is 12.2. The fourth-order valence-corrected chi connectivity index (χ4v) is 1.68. The first kappa shape index (κ1) is 15.6. The first-order chi connectivity index (χ1) is 10.6. The molecule has 1 atom stereocenters. The lowest BCUT2D eigenvalue weighted by Crippen LogP contribution is -2.30. The zero-order valence-corrected chi connectivity index (χ0v) is 12.6. The van der Waals surface area contributed by atoms with Gasteiger partial charge in [-0.05, 0) is 19.1 Å². The first-order valence-corrected chi connectivity index (χ1v) is 6.61. The minimum atomic E-state index is -0.686. The van der Waals surface area contributed by atoms with Gasteiger partial charge in [-0.2, -0.15) is 4.98 Å². The zero-order valence-electron chi connectivity index (χ0n) is 12.6. The van der Waals surface area contributed by atoms with Gasteiger partial charge in [0.15, 0.2) is 6.10 Å². The molecule has 1 amide bonds. The number of rotatable bonds is 6. The molecule has 116 valence electrons. The Balaban J connectivity index is 2.05. The van der Waals surface area contributed by atoms with E-state index in [0.29, 0.717) is 11.4 Å². The zero-order chi connectivity index (χ0) is 15.9. The largest absolute Gasteiger partial charge is 0.481 e. The Hall–Kier alpha value is -2.83. The lowest BCUT2D eigenvalue weighted by molar-refractivity contribution is -0.122. The van der Waals surface area contributed by atoms with E-state index in [2.05, 4.69) is 15.3 Å². The van der Waals surface area contributed by atoms with Crippen LogP contribution in [0.15, 0.2) is 36.5 Å². The number of para-hydroxylation sites is 1. The van der Waals surface area contributed by atoms with Crippen molar-refractivity contribution in [3.63, 3.8) is 0 Å². The Labute approximate surface area is 128 Å². The molecular weight excluding hydrogens is 286 g/mol. The second kappa shape index (κ2) is 7.26. The number of carbonyl (C=O) groups is 1. The SMILES string of the molecule is COc1ncc(NC(=O)[C@H](C)Oc2ccccc2)c(OC)n1. The number of methoxy groups -OCH3 is 2. The third-order valence-electron chi connectivity index (χ3n) is 2.79. The molecule has 0 saturated heterocycles. The highest BCUT2D eigenvalue weighted by Gasteiger charge is 2.18. The minimum Gasteiger partial charge on any atom is -0.481 e. The van der Waals surface area contributed by atoms with Crippen molar-refractivity contribution in [1.82, 2.24) is 9.97 Å². The predicted molar refractivity (Wildman–Crippen MR) is 80.3 cm³/mol. The van der Waals surface area contributed by atoms with Crippen LogP contribution in [-0.2, 0) is 4.79 Å². The highest BCUT2D eigenvalue weighted by Crippen LogP contribution is 2.23. The summed E-state index contributed by atoms with van der Waals surface area (Å²) in [7, 11) is 2.89. The summed E-state index contributed by atoms with van der Waals surface area (Å²) in [6.07, 6.45) is 0.729. The van der Waals surface area contributed by atoms with Crippen LogP contribution in [0.2, 0.25) is 0 Å². The molecule has 7 heteroatoms. The first-order valence-electron chi connectivity index (χ1n) is 6.61. The van der Waals surface area contributed by atoms with Gasteiger partial charge >= 0.3 is 6.01 Å². The van der Waals surface area contributed by atoms with Crippen LogP contribution in [0.3, 0.4) is 0 Å². The van der Waals surface area contributed by atoms with Gasteiger partial charge in [0.25, 0.3) is 5.91 Å². The van der Waals surface area contributed by atoms with E-state index >= 15 is 0 Å². The number of hydrogen-bond donors (Lipinski definition) is 1. The molecule has 0 spiro atoms. The van der Waals surface area contributed by atoms with Crippen LogP contribution in [0.25, 0.3) is 0 Å². The molecule has 0 fully saturated rings. The van der Waals surface area contributed by atoms with Gasteiger partial charge in [0, 0.05) is 0 Å². The molecule has 0 saturated carbocycles. The number of amides is 1. The summed E-state index contributed by atoms with van der Waals surface area (Å²) in [6.45, 7) is 1.65. The van der Waals surface area contributed by atoms with Gasteiger partial charge < -0.3 is 19.5 Å². The fourth-order valence-electron chi connectivity index (χ4n) is 1.68. The molecule has 7 nitrogen and oxygen atoms in total. The molecule has 2 rings (SSSR count). The highest BCUT2D eigenvalue weighted by atomic mass is 16.5. The monoisotopic (exact) mass is 303 g/mol. The number of benzene rings is 1. The summed E-state index contributed by atoms with van der Waals surface area (Å²) >= 11 is 0. The third kappa shape index (κ3) is 3.85. The second-order valence-electron chi connectivity index (χ2n) is 4.34. The number of aromatic nitrogens is 2. The van der Waals surface area contributed by atoms with Crippen LogP contribution < -0.4 is 19.5 Å². The van der Waals surface area contributed by atoms with Crippen LogP contribution in [0.4, 0.5) is 5.69 Å². The molecule has 1 heterocycles. The lowest BCUT2D eigenvalue weighted by atomic mass is 10.3. The van der Waals surface area contributed by atoms with Crippen LogP contribution in [-0.4, -0.2) is 36.2 Å². The Kier molecular flexibility index (Phi) is 5.13. The molecule has 0 aliphatic carbocycles. The fraction of sp³-hybridized carbons (Fsp3) is 0.267. The van der Waals surface area contributed by atoms with Gasteiger partial charge in [0.2, 0.25) is 5.88 Å². The predicted octanol–water partition coefficient (Wildman–Crippen LogP) is 1.90. The van der Waals surface area contributed by atoms with Gasteiger partial charge in [-0.1, -0.05) is 18.2 Å². The van der Waals surface area contributed by atoms with E-state index < -0.39 is 6.10 Å². The Morgan fingerprint density at radius 1 is 1.18 bits per heavy atom. The molecule has 1 aromatic heterocycles. The van der Waals surface area contributed by atoms with E-state index in [-0.39, 0.29) is 17.8 Å². The molecule has 22 heavy (non-hydrogen) atoms. The topological polar surface area (TPSA) is 82.6 Å². The van der Waals surface area contributed by atoms with Gasteiger partial charge in [0.05, 0.1) is 20.4 Å².